The lowest BCUT2D eigenvalue weighted by molar-refractivity contribution is -0.122. The first-order chi connectivity index (χ1) is 17.4. The van der Waals surface area contributed by atoms with Crippen molar-refractivity contribution in [2.24, 2.45) is 0 Å². The van der Waals surface area contributed by atoms with Gasteiger partial charge in [0.05, 0.1) is 18.1 Å². The van der Waals surface area contributed by atoms with Crippen molar-refractivity contribution in [2.45, 2.75) is 13.5 Å². The Morgan fingerprint density at radius 3 is 2.44 bits per heavy atom. The minimum absolute atomic E-state index is 0.219. The number of carbonyl (C=O) groups excluding carboxylic acids is 3. The fraction of sp³-hybridized carbons (Fsp3) is 0.148. The van der Waals surface area contributed by atoms with Gasteiger partial charge in [0.1, 0.15) is 6.61 Å². The molecule has 184 valence electrons. The van der Waals surface area contributed by atoms with E-state index in [2.05, 4.69) is 0 Å². The lowest BCUT2D eigenvalue weighted by atomic mass is 10.1. The van der Waals surface area contributed by atoms with Gasteiger partial charge in [0, 0.05) is 21.2 Å². The van der Waals surface area contributed by atoms with Crippen LogP contribution in [0.25, 0.3) is 6.08 Å². The molecule has 2 amide bonds. The van der Waals surface area contributed by atoms with E-state index in [1.807, 2.05) is 25.1 Å². The highest BCUT2D eigenvalue weighted by Gasteiger charge is 2.36. The molecule has 0 bridgehead atoms. The highest BCUT2D eigenvalue weighted by atomic mass is 35.5. The van der Waals surface area contributed by atoms with Gasteiger partial charge in [-0.15, -0.1) is 0 Å². The number of rotatable bonds is 9. The van der Waals surface area contributed by atoms with E-state index in [1.165, 1.54) is 0 Å². The fourth-order valence-corrected chi connectivity index (χ4v) is 4.59. The molecule has 1 saturated heterocycles. The first kappa shape index (κ1) is 25.8. The maximum absolute atomic E-state index is 12.9. The van der Waals surface area contributed by atoms with E-state index in [0.717, 1.165) is 22.2 Å². The van der Waals surface area contributed by atoms with Crippen molar-refractivity contribution in [3.05, 3.63) is 98.4 Å². The predicted octanol–water partition coefficient (Wildman–Crippen LogP) is 6.89. The van der Waals surface area contributed by atoms with Gasteiger partial charge in [-0.1, -0.05) is 47.5 Å². The third-order valence-electron chi connectivity index (χ3n) is 5.25. The Balaban J connectivity index is 1.49. The van der Waals surface area contributed by atoms with Gasteiger partial charge < -0.3 is 9.47 Å². The van der Waals surface area contributed by atoms with E-state index in [0.29, 0.717) is 39.3 Å². The number of carbonyl (C=O) groups is 3. The van der Waals surface area contributed by atoms with E-state index in [9.17, 15) is 14.4 Å². The topological polar surface area (TPSA) is 72.9 Å². The molecule has 4 rings (SSSR count). The van der Waals surface area contributed by atoms with Crippen LogP contribution in [0, 0.1) is 0 Å². The van der Waals surface area contributed by atoms with Crippen LogP contribution in [0.3, 0.4) is 0 Å². The number of benzene rings is 3. The number of halogens is 2. The third kappa shape index (κ3) is 6.10. The number of ketones is 1. The summed E-state index contributed by atoms with van der Waals surface area (Å²) >= 11 is 12.9. The largest absolute Gasteiger partial charge is 0.490 e. The van der Waals surface area contributed by atoms with Gasteiger partial charge in [0.2, 0.25) is 0 Å². The van der Waals surface area contributed by atoms with Crippen molar-refractivity contribution < 1.29 is 23.9 Å². The molecule has 1 fully saturated rings. The number of thioether (sulfide) groups is 1. The van der Waals surface area contributed by atoms with Crippen LogP contribution >= 0.6 is 35.0 Å². The van der Waals surface area contributed by atoms with E-state index >= 15 is 0 Å². The van der Waals surface area contributed by atoms with E-state index in [-0.39, 0.29) is 23.8 Å². The summed E-state index contributed by atoms with van der Waals surface area (Å²) in [5, 5.41) is 0.600. The Bertz CT molecular complexity index is 1340. The lowest BCUT2D eigenvalue weighted by Crippen LogP contribution is -2.33. The number of hydrogen-bond acceptors (Lipinski definition) is 6. The smallest absolute Gasteiger partial charge is 0.293 e. The van der Waals surface area contributed by atoms with Crippen molar-refractivity contribution in [1.82, 2.24) is 4.90 Å². The Morgan fingerprint density at radius 2 is 1.72 bits per heavy atom. The molecule has 0 radical (unpaired) electrons. The molecule has 1 aliphatic rings. The number of amides is 2. The molecule has 0 unspecified atom stereocenters. The number of imide groups is 1. The summed E-state index contributed by atoms with van der Waals surface area (Å²) in [5.41, 5.74) is 1.86. The van der Waals surface area contributed by atoms with Gasteiger partial charge >= 0.3 is 0 Å². The van der Waals surface area contributed by atoms with E-state index in [1.54, 1.807) is 54.6 Å². The molecule has 0 N–H and O–H groups in total. The van der Waals surface area contributed by atoms with Gasteiger partial charge in [0.15, 0.2) is 17.3 Å². The van der Waals surface area contributed by atoms with Crippen LogP contribution in [-0.4, -0.2) is 35.0 Å². The summed E-state index contributed by atoms with van der Waals surface area (Å²) in [6.07, 6.45) is 1.60. The van der Waals surface area contributed by atoms with Gasteiger partial charge in [-0.3, -0.25) is 19.3 Å². The molecular weight excluding hydrogens is 521 g/mol. The molecule has 3 aromatic rings. The van der Waals surface area contributed by atoms with Gasteiger partial charge in [0.25, 0.3) is 11.1 Å². The molecule has 1 aliphatic heterocycles. The second kappa shape index (κ2) is 11.6. The van der Waals surface area contributed by atoms with Crippen LogP contribution in [0.2, 0.25) is 10.0 Å². The fourth-order valence-electron chi connectivity index (χ4n) is 3.43. The molecule has 1 heterocycles. The highest BCUT2D eigenvalue weighted by Crippen LogP contribution is 2.35. The van der Waals surface area contributed by atoms with Crippen LogP contribution in [0.5, 0.6) is 11.5 Å². The maximum Gasteiger partial charge on any atom is 0.293 e. The quantitative estimate of drug-likeness (QED) is 0.217. The second-order valence-corrected chi connectivity index (χ2v) is 9.55. The molecule has 36 heavy (non-hydrogen) atoms. The monoisotopic (exact) mass is 541 g/mol. The van der Waals surface area contributed by atoms with Crippen molar-refractivity contribution in [3.8, 4) is 11.5 Å². The molecule has 9 heteroatoms. The first-order valence-electron chi connectivity index (χ1n) is 11.0. The normalized spacial score (nSPS) is 14.4. The molecule has 0 atom stereocenters. The van der Waals surface area contributed by atoms with E-state index in [4.69, 9.17) is 32.7 Å². The summed E-state index contributed by atoms with van der Waals surface area (Å²) in [6, 6.07) is 18.9. The number of Topliss-reactive ketones (excluding diaryl/α,β-unsaturated/α-hetero) is 1. The van der Waals surface area contributed by atoms with Crippen LogP contribution in [-0.2, 0) is 11.4 Å². The van der Waals surface area contributed by atoms with Gasteiger partial charge in [-0.25, -0.2) is 0 Å². The minimum Gasteiger partial charge on any atom is -0.490 e. The Morgan fingerprint density at radius 1 is 0.972 bits per heavy atom. The molecule has 0 aliphatic carbocycles. The molecular formula is C27H21Cl2NO5S. The molecule has 0 saturated carbocycles. The standard InChI is InChI=1S/C27H21Cl2NO5S/c1-2-34-24-13-17(7-12-23(24)35-16-19-5-3-4-6-21(19)29)14-25-26(32)30(27(33)36-25)15-22(31)18-8-10-20(28)11-9-18/h3-14H,2,15-16H2,1H3/b25-14+. The zero-order valence-electron chi connectivity index (χ0n) is 19.2. The average Bonchev–Trinajstić information content (AvgIpc) is 3.12. The summed E-state index contributed by atoms with van der Waals surface area (Å²) in [5.74, 6) is 0.143. The van der Waals surface area contributed by atoms with Crippen LogP contribution in [0.4, 0.5) is 4.79 Å². The average molecular weight is 542 g/mol. The number of nitrogens with zero attached hydrogens (tertiary/aromatic N) is 1. The van der Waals surface area contributed by atoms with Crippen molar-refractivity contribution in [1.29, 1.82) is 0 Å². The van der Waals surface area contributed by atoms with Crippen molar-refractivity contribution >= 4 is 58.0 Å². The molecule has 0 aromatic heterocycles. The summed E-state index contributed by atoms with van der Waals surface area (Å²) < 4.78 is 11.6. The van der Waals surface area contributed by atoms with Crippen LogP contribution in [0.1, 0.15) is 28.4 Å². The summed E-state index contributed by atoms with van der Waals surface area (Å²) in [6.45, 7) is 2.19. The van der Waals surface area contributed by atoms with Crippen LogP contribution in [0.15, 0.2) is 71.6 Å². The highest BCUT2D eigenvalue weighted by molar-refractivity contribution is 8.18. The summed E-state index contributed by atoms with van der Waals surface area (Å²) in [4.78, 5) is 39.1. The van der Waals surface area contributed by atoms with Crippen LogP contribution < -0.4 is 9.47 Å². The predicted molar refractivity (Wildman–Crippen MR) is 142 cm³/mol. The van der Waals surface area contributed by atoms with Crippen molar-refractivity contribution in [2.75, 3.05) is 13.2 Å². The third-order valence-corrected chi connectivity index (χ3v) is 6.78. The maximum atomic E-state index is 12.9. The van der Waals surface area contributed by atoms with Crippen molar-refractivity contribution in [3.63, 3.8) is 0 Å². The van der Waals surface area contributed by atoms with Gasteiger partial charge in [-0.2, -0.15) is 0 Å². The van der Waals surface area contributed by atoms with Gasteiger partial charge in [-0.05, 0) is 72.8 Å². The Labute approximate surface area is 222 Å². The summed E-state index contributed by atoms with van der Waals surface area (Å²) in [7, 11) is 0. The molecule has 3 aromatic carbocycles. The lowest BCUT2D eigenvalue weighted by Gasteiger charge is -2.13. The number of ether oxygens (including phenoxy) is 2. The molecule has 0 spiro atoms. The Kier molecular flexibility index (Phi) is 8.36. The van der Waals surface area contributed by atoms with E-state index < -0.39 is 11.1 Å². The Hall–Kier alpha value is -3.26. The second-order valence-electron chi connectivity index (χ2n) is 7.72. The first-order valence-corrected chi connectivity index (χ1v) is 12.6. The zero-order chi connectivity index (χ0) is 25.7. The number of hydrogen-bond donors (Lipinski definition) is 0. The zero-order valence-corrected chi connectivity index (χ0v) is 21.5. The molecule has 6 nitrogen and oxygen atoms in total. The minimum atomic E-state index is -0.524. The SMILES string of the molecule is CCOc1cc(/C=C2/SC(=O)N(CC(=O)c3ccc(Cl)cc3)C2=O)ccc1OCc1ccccc1Cl.